The van der Waals surface area contributed by atoms with Gasteiger partial charge in [0.25, 0.3) is 7.28 Å². The van der Waals surface area contributed by atoms with Crippen LogP contribution in [-0.4, -0.2) is 7.28 Å². The molecule has 1 nitrogen and oxygen atoms in total. The zero-order chi connectivity index (χ0) is 5.54. The van der Waals surface area contributed by atoms with Crippen molar-refractivity contribution in [1.82, 2.24) is 0 Å². The van der Waals surface area contributed by atoms with Gasteiger partial charge in [-0.3, -0.25) is 0 Å². The van der Waals surface area contributed by atoms with Crippen molar-refractivity contribution in [2.75, 3.05) is 0 Å². The van der Waals surface area contributed by atoms with Gasteiger partial charge in [-0.25, -0.2) is 5.26 Å². The van der Waals surface area contributed by atoms with E-state index in [9.17, 15) is 0 Å². The number of nitrogens with zero attached hydrogens (tertiary/aromatic N) is 1. The van der Waals surface area contributed by atoms with Gasteiger partial charge >= 0.3 is 0 Å². The minimum atomic E-state index is 0.590. The molecule has 0 aromatic carbocycles. The topological polar surface area (TPSA) is 23.8 Å². The first-order valence-corrected chi connectivity index (χ1v) is 2.02. The molecule has 0 amide bonds. The Bertz CT molecular complexity index is 123. The summed E-state index contributed by atoms with van der Waals surface area (Å²) in [5.74, 6) is 7.27. The fourth-order valence-electron chi connectivity index (χ4n) is 0.199. The van der Waals surface area contributed by atoms with E-state index in [0.29, 0.717) is 6.32 Å². The molecule has 2 heteroatoms. The fourth-order valence-corrected chi connectivity index (χ4v) is 0.199. The van der Waals surface area contributed by atoms with Crippen LogP contribution in [-0.2, 0) is 0 Å². The minimum Gasteiger partial charge on any atom is -0.213 e. The van der Waals surface area contributed by atoms with Crippen LogP contribution in [0.4, 0.5) is 0 Å². The Morgan fingerprint density at radius 3 is 2.86 bits per heavy atom. The van der Waals surface area contributed by atoms with Gasteiger partial charge < -0.3 is 0 Å². The van der Waals surface area contributed by atoms with Crippen LogP contribution in [0.3, 0.4) is 0 Å². The quantitative estimate of drug-likeness (QED) is 0.263. The Balaban J connectivity index is 2.98. The van der Waals surface area contributed by atoms with E-state index < -0.39 is 0 Å². The highest BCUT2D eigenvalue weighted by atomic mass is 14.2. The molecule has 0 saturated heterocycles. The van der Waals surface area contributed by atoms with Gasteiger partial charge in [-0.2, -0.15) is 0 Å². The van der Waals surface area contributed by atoms with Crippen LogP contribution in [0.25, 0.3) is 0 Å². The van der Waals surface area contributed by atoms with E-state index >= 15 is 0 Å². The Morgan fingerprint density at radius 2 is 2.43 bits per heavy atom. The normalized spacial score (nSPS) is 5.14. The Morgan fingerprint density at radius 1 is 1.71 bits per heavy atom. The van der Waals surface area contributed by atoms with Gasteiger partial charge in [0, 0.05) is 0 Å². The van der Waals surface area contributed by atoms with Crippen molar-refractivity contribution in [3.8, 4) is 17.8 Å². The van der Waals surface area contributed by atoms with E-state index in [1.807, 2.05) is 5.97 Å². The molecule has 0 unspecified atom stereocenters. The highest BCUT2D eigenvalue weighted by molar-refractivity contribution is 6.45. The van der Waals surface area contributed by atoms with Gasteiger partial charge in [0.2, 0.25) is 0 Å². The van der Waals surface area contributed by atoms with Crippen molar-refractivity contribution in [1.29, 1.82) is 5.26 Å². The molecule has 7 heavy (non-hydrogen) atoms. The second kappa shape index (κ2) is 5.11. The van der Waals surface area contributed by atoms with Crippen LogP contribution in [0.2, 0.25) is 6.32 Å². The maximum absolute atomic E-state index is 7.92. The summed E-state index contributed by atoms with van der Waals surface area (Å²) in [7, 11) is 1.47. The molecule has 0 rings (SSSR count). The van der Waals surface area contributed by atoms with E-state index in [0.717, 1.165) is 0 Å². The number of hydrogen-bond acceptors (Lipinski definition) is 1. The SMILES string of the molecule is CC#CC[B]C#N. The highest BCUT2D eigenvalue weighted by Gasteiger charge is 1.77. The molecule has 0 aromatic rings. The van der Waals surface area contributed by atoms with Crippen molar-refractivity contribution < 1.29 is 0 Å². The second-order valence-corrected chi connectivity index (χ2v) is 0.964. The van der Waals surface area contributed by atoms with Crippen molar-refractivity contribution in [2.45, 2.75) is 13.2 Å². The first-order valence-electron chi connectivity index (χ1n) is 2.02. The smallest absolute Gasteiger partial charge is 0.213 e. The predicted molar refractivity (Wildman–Crippen MR) is 29.6 cm³/mol. The fraction of sp³-hybridized carbons (Fsp3) is 0.400. The second-order valence-electron chi connectivity index (χ2n) is 0.964. The minimum absolute atomic E-state index is 0.590. The molecular weight excluding hydrogens is 84.9 g/mol. The molecule has 0 saturated carbocycles. The average molecular weight is 89.9 g/mol. The van der Waals surface area contributed by atoms with Crippen LogP contribution in [0.1, 0.15) is 6.92 Å². The molecule has 0 spiro atoms. The largest absolute Gasteiger partial charge is 0.267 e. The summed E-state index contributed by atoms with van der Waals surface area (Å²) in [5.41, 5.74) is 0. The standard InChI is InChI=1S/C5H5BN/c1-2-3-4-6-5-7/h4H2,1H3. The lowest BCUT2D eigenvalue weighted by atomic mass is 9.78. The average Bonchev–Trinajstić information content (AvgIpc) is 1.69. The van der Waals surface area contributed by atoms with E-state index in [2.05, 4.69) is 11.8 Å². The van der Waals surface area contributed by atoms with Crippen molar-refractivity contribution in [3.63, 3.8) is 0 Å². The van der Waals surface area contributed by atoms with Crippen molar-refractivity contribution in [2.24, 2.45) is 0 Å². The van der Waals surface area contributed by atoms with E-state index in [4.69, 9.17) is 5.26 Å². The maximum atomic E-state index is 7.92. The predicted octanol–water partition coefficient (Wildman–Crippen LogP) is 0.613. The molecular formula is C5H5BN. The zero-order valence-electron chi connectivity index (χ0n) is 4.23. The molecule has 0 atom stereocenters. The third kappa shape index (κ3) is 5.11. The molecule has 0 aromatic heterocycles. The zero-order valence-corrected chi connectivity index (χ0v) is 4.23. The molecule has 0 aliphatic rings. The molecule has 33 valence electrons. The lowest BCUT2D eigenvalue weighted by molar-refractivity contribution is 1.55. The summed E-state index contributed by atoms with van der Waals surface area (Å²) in [4.78, 5) is 0. The molecule has 0 fully saturated rings. The molecule has 0 bridgehead atoms. The summed E-state index contributed by atoms with van der Waals surface area (Å²) >= 11 is 0. The lowest BCUT2D eigenvalue weighted by Crippen LogP contribution is -1.77. The third-order valence-corrected chi connectivity index (χ3v) is 0.472. The molecule has 0 N–H and O–H groups in total. The summed E-state index contributed by atoms with van der Waals surface area (Å²) in [6, 6.07) is 0. The van der Waals surface area contributed by atoms with Gasteiger partial charge in [0.05, 0.1) is 0 Å². The van der Waals surface area contributed by atoms with Crippen LogP contribution < -0.4 is 0 Å². The van der Waals surface area contributed by atoms with Crippen molar-refractivity contribution in [3.05, 3.63) is 0 Å². The summed E-state index contributed by atoms with van der Waals surface area (Å²) in [5, 5.41) is 7.92. The summed E-state index contributed by atoms with van der Waals surface area (Å²) in [6.45, 7) is 1.76. The summed E-state index contributed by atoms with van der Waals surface area (Å²) in [6.07, 6.45) is 0.590. The van der Waals surface area contributed by atoms with Gasteiger partial charge in [-0.05, 0) is 19.2 Å². The van der Waals surface area contributed by atoms with Gasteiger partial charge in [0.1, 0.15) is 0 Å². The number of rotatable bonds is 1. The molecule has 0 aliphatic carbocycles. The van der Waals surface area contributed by atoms with E-state index in [-0.39, 0.29) is 0 Å². The molecule has 1 radical (unpaired) electrons. The number of nitriles is 1. The highest BCUT2D eigenvalue weighted by Crippen LogP contribution is 1.68. The molecule has 0 heterocycles. The van der Waals surface area contributed by atoms with Crippen molar-refractivity contribution >= 4 is 7.28 Å². The Hall–Kier alpha value is -0.885. The van der Waals surface area contributed by atoms with E-state index in [1.165, 1.54) is 7.28 Å². The first kappa shape index (κ1) is 6.11. The van der Waals surface area contributed by atoms with E-state index in [1.54, 1.807) is 6.92 Å². The van der Waals surface area contributed by atoms with Crippen LogP contribution >= 0.6 is 0 Å². The maximum Gasteiger partial charge on any atom is 0.267 e. The molecule has 0 aliphatic heterocycles. The number of hydrogen-bond donors (Lipinski definition) is 0. The Labute approximate surface area is 44.6 Å². The van der Waals surface area contributed by atoms with Gasteiger partial charge in [-0.15, -0.1) is 11.8 Å². The van der Waals surface area contributed by atoms with Gasteiger partial charge in [0.15, 0.2) is 0 Å². The van der Waals surface area contributed by atoms with Crippen LogP contribution in [0.15, 0.2) is 0 Å². The third-order valence-electron chi connectivity index (χ3n) is 0.472. The van der Waals surface area contributed by atoms with Crippen LogP contribution in [0.5, 0.6) is 0 Å². The Kier molecular flexibility index (Phi) is 4.47. The first-order chi connectivity index (χ1) is 3.41. The van der Waals surface area contributed by atoms with Gasteiger partial charge in [-0.1, -0.05) is 0 Å². The lowest BCUT2D eigenvalue weighted by Gasteiger charge is -1.66. The monoisotopic (exact) mass is 90.1 g/mol. The van der Waals surface area contributed by atoms with Crippen LogP contribution in [0, 0.1) is 23.1 Å². The summed E-state index contributed by atoms with van der Waals surface area (Å²) < 4.78 is 0.